The van der Waals surface area contributed by atoms with Crippen molar-refractivity contribution in [2.75, 3.05) is 0 Å². The Kier molecular flexibility index (Phi) is 5.57. The maximum Gasteiger partial charge on any atom is 0.146 e. The molecule has 228 valence electrons. The lowest BCUT2D eigenvalue weighted by Crippen LogP contribution is -1.91. The standard InChI is InChI=1S/C46H26O2S/c1-2-11-27(12-3-1)40-26-37-38(47-40)24-23-36-45-35(18-10-19-39(45)48-46(36)37)44-33-16-6-4-14-31(33)43(32-15-5-7-17-34(32)44)28-21-22-30-29-13-8-9-20-41(29)49-42(30)25-28/h1-26H. The number of fused-ring (bicyclic) bond motifs is 10. The lowest BCUT2D eigenvalue weighted by atomic mass is 9.85. The first kappa shape index (κ1) is 26.9. The van der Waals surface area contributed by atoms with Gasteiger partial charge in [0.1, 0.15) is 22.5 Å². The van der Waals surface area contributed by atoms with E-state index in [1.54, 1.807) is 0 Å². The maximum atomic E-state index is 6.70. The number of rotatable bonds is 3. The van der Waals surface area contributed by atoms with Crippen molar-refractivity contribution >= 4 is 86.0 Å². The molecule has 49 heavy (non-hydrogen) atoms. The van der Waals surface area contributed by atoms with Crippen molar-refractivity contribution in [2.45, 2.75) is 0 Å². The second-order valence-corrected chi connectivity index (χ2v) is 13.8. The summed E-state index contributed by atoms with van der Waals surface area (Å²) in [5, 5.41) is 10.8. The Hall–Kier alpha value is -6.16. The molecule has 2 nitrogen and oxygen atoms in total. The topological polar surface area (TPSA) is 26.3 Å². The second-order valence-electron chi connectivity index (χ2n) is 12.8. The molecule has 0 amide bonds. The first-order valence-corrected chi connectivity index (χ1v) is 17.4. The van der Waals surface area contributed by atoms with E-state index in [4.69, 9.17) is 8.83 Å². The summed E-state index contributed by atoms with van der Waals surface area (Å²) in [5.41, 5.74) is 8.50. The molecule has 0 radical (unpaired) electrons. The molecule has 0 fully saturated rings. The lowest BCUT2D eigenvalue weighted by molar-refractivity contribution is 0.631. The van der Waals surface area contributed by atoms with Gasteiger partial charge in [-0.05, 0) is 80.2 Å². The molecule has 11 rings (SSSR count). The summed E-state index contributed by atoms with van der Waals surface area (Å²) in [6.07, 6.45) is 0. The minimum Gasteiger partial charge on any atom is -0.456 e. The van der Waals surface area contributed by atoms with Crippen LogP contribution in [0.5, 0.6) is 0 Å². The van der Waals surface area contributed by atoms with E-state index in [9.17, 15) is 0 Å². The van der Waals surface area contributed by atoms with Crippen molar-refractivity contribution in [3.8, 4) is 33.6 Å². The van der Waals surface area contributed by atoms with Gasteiger partial charge >= 0.3 is 0 Å². The molecule has 3 aromatic heterocycles. The van der Waals surface area contributed by atoms with E-state index in [0.717, 1.165) is 44.2 Å². The first-order chi connectivity index (χ1) is 24.3. The van der Waals surface area contributed by atoms with Crippen LogP contribution in [-0.4, -0.2) is 0 Å². The minimum atomic E-state index is 0.822. The fraction of sp³-hybridized carbons (Fsp3) is 0. The summed E-state index contributed by atoms with van der Waals surface area (Å²) >= 11 is 1.87. The zero-order chi connectivity index (χ0) is 32.1. The summed E-state index contributed by atoms with van der Waals surface area (Å²) in [7, 11) is 0. The number of hydrogen-bond donors (Lipinski definition) is 0. The van der Waals surface area contributed by atoms with Crippen LogP contribution in [-0.2, 0) is 0 Å². The molecule has 0 atom stereocenters. The summed E-state index contributed by atoms with van der Waals surface area (Å²) < 4.78 is 15.7. The van der Waals surface area contributed by atoms with Crippen LogP contribution in [0.3, 0.4) is 0 Å². The van der Waals surface area contributed by atoms with Gasteiger partial charge in [0.2, 0.25) is 0 Å². The molecule has 0 unspecified atom stereocenters. The Morgan fingerprint density at radius 3 is 1.80 bits per heavy atom. The van der Waals surface area contributed by atoms with Gasteiger partial charge in [-0.1, -0.05) is 121 Å². The Bertz CT molecular complexity index is 3050. The van der Waals surface area contributed by atoms with Gasteiger partial charge in [-0.3, -0.25) is 0 Å². The molecule has 0 spiro atoms. The molecule has 3 heteroatoms. The predicted molar refractivity (Wildman–Crippen MR) is 208 cm³/mol. The quantitative estimate of drug-likeness (QED) is 0.179. The molecule has 11 aromatic rings. The van der Waals surface area contributed by atoms with Gasteiger partial charge in [-0.25, -0.2) is 0 Å². The highest BCUT2D eigenvalue weighted by Gasteiger charge is 2.22. The number of benzene rings is 8. The third kappa shape index (κ3) is 3.88. The normalized spacial score (nSPS) is 12.1. The average molecular weight is 643 g/mol. The van der Waals surface area contributed by atoms with Crippen LogP contribution >= 0.6 is 11.3 Å². The highest BCUT2D eigenvalue weighted by Crippen LogP contribution is 2.48. The van der Waals surface area contributed by atoms with Crippen LogP contribution in [0.15, 0.2) is 167 Å². The maximum absolute atomic E-state index is 6.70. The smallest absolute Gasteiger partial charge is 0.146 e. The van der Waals surface area contributed by atoms with E-state index >= 15 is 0 Å². The Morgan fingerprint density at radius 2 is 1.02 bits per heavy atom. The number of thiophene rings is 1. The first-order valence-electron chi connectivity index (χ1n) is 16.6. The fourth-order valence-corrected chi connectivity index (χ4v) is 9.11. The molecule has 0 saturated heterocycles. The molecule has 0 bridgehead atoms. The largest absolute Gasteiger partial charge is 0.456 e. The van der Waals surface area contributed by atoms with E-state index < -0.39 is 0 Å². The van der Waals surface area contributed by atoms with E-state index in [1.807, 2.05) is 29.5 Å². The van der Waals surface area contributed by atoms with Crippen LogP contribution in [0.1, 0.15) is 0 Å². The van der Waals surface area contributed by atoms with E-state index in [-0.39, 0.29) is 0 Å². The van der Waals surface area contributed by atoms with Gasteiger partial charge in [-0.15, -0.1) is 11.3 Å². The minimum absolute atomic E-state index is 0.822. The highest BCUT2D eigenvalue weighted by molar-refractivity contribution is 7.25. The lowest BCUT2D eigenvalue weighted by Gasteiger charge is -2.18. The van der Waals surface area contributed by atoms with Gasteiger partial charge in [0.15, 0.2) is 0 Å². The third-order valence-corrected chi connectivity index (χ3v) is 11.2. The van der Waals surface area contributed by atoms with Gasteiger partial charge in [-0.2, -0.15) is 0 Å². The Balaban J connectivity index is 1.20. The zero-order valence-electron chi connectivity index (χ0n) is 26.2. The molecule has 0 aliphatic heterocycles. The highest BCUT2D eigenvalue weighted by atomic mass is 32.1. The van der Waals surface area contributed by atoms with Crippen molar-refractivity contribution in [3.63, 3.8) is 0 Å². The molecular formula is C46H26O2S. The number of furan rings is 2. The third-order valence-electron chi connectivity index (χ3n) is 10.1. The van der Waals surface area contributed by atoms with Crippen LogP contribution in [0.2, 0.25) is 0 Å². The molecule has 0 aliphatic rings. The predicted octanol–water partition coefficient (Wildman–Crippen LogP) is 14.0. The van der Waals surface area contributed by atoms with E-state index in [1.165, 1.54) is 64.0 Å². The van der Waals surface area contributed by atoms with Gasteiger partial charge in [0.25, 0.3) is 0 Å². The van der Waals surface area contributed by atoms with Crippen molar-refractivity contribution in [3.05, 3.63) is 158 Å². The summed E-state index contributed by atoms with van der Waals surface area (Å²) in [6, 6.07) is 56.5. The van der Waals surface area contributed by atoms with Crippen LogP contribution < -0.4 is 0 Å². The summed E-state index contributed by atoms with van der Waals surface area (Å²) in [6.45, 7) is 0. The molecule has 0 saturated carbocycles. The van der Waals surface area contributed by atoms with Crippen molar-refractivity contribution < 1.29 is 8.83 Å². The monoisotopic (exact) mass is 642 g/mol. The van der Waals surface area contributed by atoms with Crippen molar-refractivity contribution in [1.82, 2.24) is 0 Å². The SMILES string of the molecule is c1ccc(-c2cc3c(ccc4c3oc3cccc(-c5c6ccccc6c(-c6ccc7c(c6)sc6ccccc67)c6ccccc56)c34)o2)cc1. The van der Waals surface area contributed by atoms with Gasteiger partial charge < -0.3 is 8.83 Å². The van der Waals surface area contributed by atoms with Gasteiger partial charge in [0.05, 0.1) is 5.39 Å². The van der Waals surface area contributed by atoms with E-state index in [0.29, 0.717) is 0 Å². The molecule has 0 aliphatic carbocycles. The zero-order valence-corrected chi connectivity index (χ0v) is 27.1. The number of hydrogen-bond acceptors (Lipinski definition) is 3. The van der Waals surface area contributed by atoms with Crippen molar-refractivity contribution in [1.29, 1.82) is 0 Å². The Morgan fingerprint density at radius 1 is 0.367 bits per heavy atom. The van der Waals surface area contributed by atoms with Crippen LogP contribution in [0.25, 0.3) is 108 Å². The molecule has 8 aromatic carbocycles. The molecule has 0 N–H and O–H groups in total. The van der Waals surface area contributed by atoms with Gasteiger partial charge in [0, 0.05) is 36.5 Å². The fourth-order valence-electron chi connectivity index (χ4n) is 7.96. The molecular weight excluding hydrogens is 617 g/mol. The molecule has 3 heterocycles. The summed E-state index contributed by atoms with van der Waals surface area (Å²) in [4.78, 5) is 0. The van der Waals surface area contributed by atoms with Crippen LogP contribution in [0, 0.1) is 0 Å². The Labute approximate surface area is 285 Å². The summed E-state index contributed by atoms with van der Waals surface area (Å²) in [5.74, 6) is 0.838. The second kappa shape index (κ2) is 10.2. The average Bonchev–Trinajstić information content (AvgIpc) is 3.87. The van der Waals surface area contributed by atoms with Crippen molar-refractivity contribution in [2.24, 2.45) is 0 Å². The van der Waals surface area contributed by atoms with E-state index in [2.05, 4.69) is 140 Å². The van der Waals surface area contributed by atoms with Crippen LogP contribution in [0.4, 0.5) is 0 Å².